The van der Waals surface area contributed by atoms with E-state index in [1.807, 2.05) is 54.7 Å². The highest BCUT2D eigenvalue weighted by Gasteiger charge is 2.37. The van der Waals surface area contributed by atoms with Crippen LogP contribution in [0.25, 0.3) is 0 Å². The molecule has 5 heteroatoms. The number of ether oxygens (including phenoxy) is 1. The Morgan fingerprint density at radius 1 is 1.30 bits per heavy atom. The lowest BCUT2D eigenvalue weighted by Gasteiger charge is -2.27. The number of likely N-dealkylation sites (tertiary alicyclic amines) is 1. The maximum atomic E-state index is 12.7. The average molecular weight is 313 g/mol. The van der Waals surface area contributed by atoms with Gasteiger partial charge in [0.15, 0.2) is 0 Å². The number of rotatable bonds is 5. The fraction of sp³-hybridized carbons (Fsp3) is 0.444. The first-order chi connectivity index (χ1) is 11.2. The van der Waals surface area contributed by atoms with Crippen molar-refractivity contribution in [2.75, 3.05) is 13.7 Å². The monoisotopic (exact) mass is 313 g/mol. The summed E-state index contributed by atoms with van der Waals surface area (Å²) in [5.74, 6) is 0.171. The maximum Gasteiger partial charge on any atom is 0.227 e. The van der Waals surface area contributed by atoms with Crippen LogP contribution in [0.4, 0.5) is 0 Å². The third-order valence-electron chi connectivity index (χ3n) is 4.51. The molecule has 2 heterocycles. The second-order valence-corrected chi connectivity index (χ2v) is 6.11. The summed E-state index contributed by atoms with van der Waals surface area (Å²) in [6, 6.07) is 9.99. The molecule has 2 atom stereocenters. The molecule has 1 aromatic heterocycles. The van der Waals surface area contributed by atoms with E-state index >= 15 is 0 Å². The predicted octanol–water partition coefficient (Wildman–Crippen LogP) is 1.82. The van der Waals surface area contributed by atoms with Gasteiger partial charge in [-0.25, -0.2) is 0 Å². The van der Waals surface area contributed by atoms with E-state index in [4.69, 9.17) is 4.74 Å². The van der Waals surface area contributed by atoms with Crippen LogP contribution in [0.3, 0.4) is 0 Å². The highest BCUT2D eigenvalue weighted by atomic mass is 16.5. The van der Waals surface area contributed by atoms with Gasteiger partial charge in [0.05, 0.1) is 24.8 Å². The second-order valence-electron chi connectivity index (χ2n) is 6.11. The summed E-state index contributed by atoms with van der Waals surface area (Å²) in [6.07, 6.45) is 6.08. The summed E-state index contributed by atoms with van der Waals surface area (Å²) in [6.45, 7) is 0.759. The Hall–Kier alpha value is -2.14. The Morgan fingerprint density at radius 3 is 2.74 bits per heavy atom. The van der Waals surface area contributed by atoms with Crippen molar-refractivity contribution < 1.29 is 9.53 Å². The van der Waals surface area contributed by atoms with Crippen LogP contribution in [-0.4, -0.2) is 46.4 Å². The Morgan fingerprint density at radius 2 is 2.09 bits per heavy atom. The first-order valence-electron chi connectivity index (χ1n) is 8.01. The van der Waals surface area contributed by atoms with E-state index < -0.39 is 0 Å². The minimum Gasteiger partial charge on any atom is -0.379 e. The van der Waals surface area contributed by atoms with Gasteiger partial charge in [0, 0.05) is 26.9 Å². The van der Waals surface area contributed by atoms with Crippen molar-refractivity contribution in [1.82, 2.24) is 14.7 Å². The quantitative estimate of drug-likeness (QED) is 0.846. The molecule has 1 aliphatic rings. The molecule has 0 aliphatic carbocycles. The highest BCUT2D eigenvalue weighted by Crippen LogP contribution is 2.25. The molecular weight excluding hydrogens is 290 g/mol. The lowest BCUT2D eigenvalue weighted by Crippen LogP contribution is -2.42. The molecule has 1 aromatic carbocycles. The van der Waals surface area contributed by atoms with E-state index in [0.29, 0.717) is 6.42 Å². The normalized spacial score (nSPS) is 20.9. The zero-order chi connectivity index (χ0) is 16.2. The number of aryl methyl sites for hydroxylation is 1. The summed E-state index contributed by atoms with van der Waals surface area (Å²) in [5, 5.41) is 4.22. The van der Waals surface area contributed by atoms with Gasteiger partial charge in [-0.2, -0.15) is 5.10 Å². The van der Waals surface area contributed by atoms with Crippen molar-refractivity contribution in [3.63, 3.8) is 0 Å². The lowest BCUT2D eigenvalue weighted by atomic mass is 10.0. The summed E-state index contributed by atoms with van der Waals surface area (Å²) in [5.41, 5.74) is 2.19. The van der Waals surface area contributed by atoms with Crippen LogP contribution < -0.4 is 0 Å². The molecule has 0 unspecified atom stereocenters. The second kappa shape index (κ2) is 6.96. The molecule has 122 valence electrons. The van der Waals surface area contributed by atoms with Crippen molar-refractivity contribution in [3.05, 3.63) is 53.9 Å². The van der Waals surface area contributed by atoms with E-state index in [1.165, 1.54) is 0 Å². The van der Waals surface area contributed by atoms with E-state index in [1.54, 1.807) is 11.8 Å². The zero-order valence-electron chi connectivity index (χ0n) is 13.7. The molecule has 0 saturated carbocycles. The minimum atomic E-state index is 0.0837. The summed E-state index contributed by atoms with van der Waals surface area (Å²) < 4.78 is 7.41. The van der Waals surface area contributed by atoms with Crippen LogP contribution >= 0.6 is 0 Å². The van der Waals surface area contributed by atoms with Gasteiger partial charge in [-0.15, -0.1) is 0 Å². The molecule has 1 saturated heterocycles. The topological polar surface area (TPSA) is 47.4 Å². The lowest BCUT2D eigenvalue weighted by molar-refractivity contribution is -0.132. The number of benzene rings is 1. The molecule has 0 N–H and O–H groups in total. The summed E-state index contributed by atoms with van der Waals surface area (Å²) >= 11 is 0. The fourth-order valence-electron chi connectivity index (χ4n) is 3.34. The first kappa shape index (κ1) is 15.7. The highest BCUT2D eigenvalue weighted by molar-refractivity contribution is 5.79. The predicted molar refractivity (Wildman–Crippen MR) is 88.0 cm³/mol. The van der Waals surface area contributed by atoms with E-state index in [2.05, 4.69) is 5.10 Å². The minimum absolute atomic E-state index is 0.0837. The molecule has 1 fully saturated rings. The van der Waals surface area contributed by atoms with Crippen molar-refractivity contribution in [3.8, 4) is 0 Å². The van der Waals surface area contributed by atoms with Gasteiger partial charge in [0.1, 0.15) is 0 Å². The van der Waals surface area contributed by atoms with Gasteiger partial charge < -0.3 is 9.64 Å². The first-order valence-corrected chi connectivity index (χ1v) is 8.01. The Labute approximate surface area is 136 Å². The molecule has 1 amide bonds. The molecule has 0 spiro atoms. The molecule has 5 nitrogen and oxygen atoms in total. The maximum absolute atomic E-state index is 12.7. The Balaban J connectivity index is 1.72. The van der Waals surface area contributed by atoms with Crippen LogP contribution in [0.1, 0.15) is 17.5 Å². The van der Waals surface area contributed by atoms with Crippen LogP contribution in [0, 0.1) is 0 Å². The number of nitrogens with zero attached hydrogens (tertiary/aromatic N) is 3. The standard InChI is InChI=1S/C18H23N3O2/c1-20-13-15(12-19-20)10-16-17(23-2)8-9-21(16)18(22)11-14-6-4-3-5-7-14/h3-7,12-13,16-17H,8-11H2,1-2H3/t16-,17-/m0/s1. The molecular formula is C18H23N3O2. The van der Waals surface area contributed by atoms with Gasteiger partial charge in [0.2, 0.25) is 5.91 Å². The van der Waals surface area contributed by atoms with Gasteiger partial charge in [0.25, 0.3) is 0 Å². The third kappa shape index (κ3) is 3.62. The number of amides is 1. The number of hydrogen-bond donors (Lipinski definition) is 0. The molecule has 2 aromatic rings. The van der Waals surface area contributed by atoms with Gasteiger partial charge in [-0.05, 0) is 24.0 Å². The van der Waals surface area contributed by atoms with Crippen LogP contribution in [0.5, 0.6) is 0 Å². The van der Waals surface area contributed by atoms with Crippen molar-refractivity contribution in [2.45, 2.75) is 31.4 Å². The molecule has 1 aliphatic heterocycles. The van der Waals surface area contributed by atoms with Gasteiger partial charge >= 0.3 is 0 Å². The van der Waals surface area contributed by atoms with Gasteiger partial charge in [-0.3, -0.25) is 9.48 Å². The number of methoxy groups -OCH3 is 1. The number of carbonyl (C=O) groups is 1. The number of aromatic nitrogens is 2. The SMILES string of the molecule is CO[C@H]1CCN(C(=O)Cc2ccccc2)[C@H]1Cc1cnn(C)c1. The van der Waals surface area contributed by atoms with Crippen molar-refractivity contribution in [2.24, 2.45) is 7.05 Å². The van der Waals surface area contributed by atoms with E-state index in [9.17, 15) is 4.79 Å². The van der Waals surface area contributed by atoms with E-state index in [0.717, 1.165) is 30.5 Å². The Kier molecular flexibility index (Phi) is 4.76. The zero-order valence-corrected chi connectivity index (χ0v) is 13.7. The van der Waals surface area contributed by atoms with Crippen molar-refractivity contribution in [1.29, 1.82) is 0 Å². The Bertz CT molecular complexity index is 653. The molecule has 0 radical (unpaired) electrons. The largest absolute Gasteiger partial charge is 0.379 e. The summed E-state index contributed by atoms with van der Waals surface area (Å²) in [7, 11) is 3.64. The fourth-order valence-corrected chi connectivity index (χ4v) is 3.34. The average Bonchev–Trinajstić information content (AvgIpc) is 3.15. The summed E-state index contributed by atoms with van der Waals surface area (Å²) in [4.78, 5) is 14.7. The van der Waals surface area contributed by atoms with Crippen LogP contribution in [0.2, 0.25) is 0 Å². The third-order valence-corrected chi connectivity index (χ3v) is 4.51. The molecule has 23 heavy (non-hydrogen) atoms. The van der Waals surface area contributed by atoms with E-state index in [-0.39, 0.29) is 18.1 Å². The number of carbonyl (C=O) groups excluding carboxylic acids is 1. The molecule has 0 bridgehead atoms. The van der Waals surface area contributed by atoms with Crippen molar-refractivity contribution >= 4 is 5.91 Å². The van der Waals surface area contributed by atoms with Crippen LogP contribution in [0.15, 0.2) is 42.7 Å². The van der Waals surface area contributed by atoms with Gasteiger partial charge in [-0.1, -0.05) is 30.3 Å². The smallest absolute Gasteiger partial charge is 0.227 e. The number of hydrogen-bond acceptors (Lipinski definition) is 3. The van der Waals surface area contributed by atoms with Crippen LogP contribution in [-0.2, 0) is 29.4 Å². The molecule has 3 rings (SSSR count).